The monoisotopic (exact) mass is 487 g/mol. The summed E-state index contributed by atoms with van der Waals surface area (Å²) < 4.78 is 78.7. The van der Waals surface area contributed by atoms with Crippen molar-refractivity contribution in [2.24, 2.45) is 0 Å². The van der Waals surface area contributed by atoms with Crippen molar-refractivity contribution < 1.29 is 31.3 Å². The van der Waals surface area contributed by atoms with Crippen LogP contribution in [0.2, 0.25) is 0 Å². The molecule has 1 aromatic carbocycles. The highest BCUT2D eigenvalue weighted by atomic mass is 79.9. The summed E-state index contributed by atoms with van der Waals surface area (Å²) in [7, 11) is -2.08. The summed E-state index contributed by atoms with van der Waals surface area (Å²) in [5.41, 5.74) is -3.73. The van der Waals surface area contributed by atoms with Crippen molar-refractivity contribution in [3.8, 4) is 0 Å². The predicted octanol–water partition coefficient (Wildman–Crippen LogP) is 4.78. The number of benzene rings is 1. The highest BCUT2D eigenvalue weighted by Gasteiger charge is 2.66. The van der Waals surface area contributed by atoms with Crippen LogP contribution in [0.1, 0.15) is 51.7 Å². The Morgan fingerprint density at radius 1 is 1.25 bits per heavy atom. The summed E-state index contributed by atoms with van der Waals surface area (Å²) in [6.07, 6.45) is -1.75. The number of hydrogen-bond acceptors (Lipinski definition) is 3. The molecular weight excluding hydrogens is 466 g/mol. The maximum atomic E-state index is 15.4. The minimum Gasteiger partial charge on any atom is -0.461 e. The summed E-state index contributed by atoms with van der Waals surface area (Å²) >= 11 is 3.11. The fraction of sp³-hybridized carbons (Fsp3) is 0.611. The second kappa shape index (κ2) is 7.68. The van der Waals surface area contributed by atoms with Crippen molar-refractivity contribution in [3.63, 3.8) is 0 Å². The second-order valence-electron chi connectivity index (χ2n) is 7.58. The van der Waals surface area contributed by atoms with Crippen LogP contribution in [0.25, 0.3) is 0 Å². The molecule has 0 fully saturated rings. The number of carbonyl (C=O) groups is 1. The topological polar surface area (TPSA) is 55.4 Å². The van der Waals surface area contributed by atoms with Gasteiger partial charge < -0.3 is 4.74 Å². The van der Waals surface area contributed by atoms with Gasteiger partial charge in [-0.2, -0.15) is 8.78 Å². The Morgan fingerprint density at radius 3 is 2.39 bits per heavy atom. The normalized spacial score (nSPS) is 23.0. The summed E-state index contributed by atoms with van der Waals surface area (Å²) in [4.78, 5) is 12.1. The van der Waals surface area contributed by atoms with Crippen molar-refractivity contribution in [2.45, 2.75) is 62.7 Å². The summed E-state index contributed by atoms with van der Waals surface area (Å²) in [6.45, 7) is 5.69. The molecule has 1 aliphatic rings. The van der Waals surface area contributed by atoms with Gasteiger partial charge in [0, 0.05) is 16.5 Å². The molecule has 1 N–H and O–H groups in total. The van der Waals surface area contributed by atoms with Crippen LogP contribution in [-0.2, 0) is 32.0 Å². The molecular formula is C18H22BrF4NO3S. The van der Waals surface area contributed by atoms with Gasteiger partial charge in [0.25, 0.3) is 5.92 Å². The Labute approximate surface area is 172 Å². The lowest BCUT2D eigenvalue weighted by atomic mass is 9.71. The van der Waals surface area contributed by atoms with Crippen LogP contribution in [0.5, 0.6) is 0 Å². The molecule has 1 aromatic rings. The molecule has 28 heavy (non-hydrogen) atoms. The molecule has 0 amide bonds. The number of fused-ring (bicyclic) bond motifs is 1. The van der Waals surface area contributed by atoms with Crippen molar-refractivity contribution in [1.29, 1.82) is 0 Å². The van der Waals surface area contributed by atoms with Gasteiger partial charge in [0.15, 0.2) is 0 Å². The van der Waals surface area contributed by atoms with Gasteiger partial charge in [-0.1, -0.05) is 22.0 Å². The van der Waals surface area contributed by atoms with Crippen LogP contribution < -0.4 is 4.72 Å². The van der Waals surface area contributed by atoms with E-state index in [-0.39, 0.29) is 11.1 Å². The Bertz CT molecular complexity index is 798. The third kappa shape index (κ3) is 4.00. The molecule has 158 valence electrons. The van der Waals surface area contributed by atoms with Crippen LogP contribution in [-0.4, -0.2) is 27.5 Å². The van der Waals surface area contributed by atoms with E-state index in [1.807, 2.05) is 0 Å². The molecule has 0 aliphatic heterocycles. The zero-order valence-electron chi connectivity index (χ0n) is 15.9. The van der Waals surface area contributed by atoms with Crippen LogP contribution in [0.15, 0.2) is 22.7 Å². The van der Waals surface area contributed by atoms with E-state index in [9.17, 15) is 17.8 Å². The van der Waals surface area contributed by atoms with Crippen molar-refractivity contribution >= 4 is 32.9 Å². The lowest BCUT2D eigenvalue weighted by molar-refractivity contribution is -0.189. The number of esters is 1. The molecule has 2 atom stereocenters. The highest BCUT2D eigenvalue weighted by molar-refractivity contribution is 9.10. The van der Waals surface area contributed by atoms with Gasteiger partial charge in [0.2, 0.25) is 0 Å². The Kier molecular flexibility index (Phi) is 6.39. The first kappa shape index (κ1) is 23.3. The SMILES string of the molecule is CCOC(=O)C(F)(F)[C@@]1(N[S@](=O)C(C)(C)C)CCC(F)(F)c2ccc(Br)cc21. The van der Waals surface area contributed by atoms with Gasteiger partial charge in [-0.15, -0.1) is 0 Å². The van der Waals surface area contributed by atoms with Gasteiger partial charge in [-0.3, -0.25) is 0 Å². The second-order valence-corrected chi connectivity index (χ2v) is 10.5. The van der Waals surface area contributed by atoms with E-state index in [1.54, 1.807) is 20.8 Å². The number of alkyl halides is 4. The first-order valence-electron chi connectivity index (χ1n) is 8.62. The van der Waals surface area contributed by atoms with Crippen molar-refractivity contribution in [1.82, 2.24) is 4.72 Å². The maximum absolute atomic E-state index is 15.4. The summed E-state index contributed by atoms with van der Waals surface area (Å²) in [5.74, 6) is -9.46. The molecule has 0 bridgehead atoms. The van der Waals surface area contributed by atoms with E-state index in [0.29, 0.717) is 0 Å². The van der Waals surface area contributed by atoms with E-state index in [1.165, 1.54) is 13.0 Å². The molecule has 0 aromatic heterocycles. The number of halogens is 5. The largest absolute Gasteiger partial charge is 0.461 e. The Hall–Kier alpha value is -1.00. The molecule has 4 nitrogen and oxygen atoms in total. The lowest BCUT2D eigenvalue weighted by Gasteiger charge is -2.46. The van der Waals surface area contributed by atoms with Crippen LogP contribution in [0.3, 0.4) is 0 Å². The molecule has 0 spiro atoms. The molecule has 0 saturated carbocycles. The van der Waals surface area contributed by atoms with Crippen LogP contribution in [0.4, 0.5) is 17.6 Å². The minimum absolute atomic E-state index is 0.274. The molecule has 0 unspecified atom stereocenters. The van der Waals surface area contributed by atoms with Crippen molar-refractivity contribution in [2.75, 3.05) is 6.61 Å². The quantitative estimate of drug-likeness (QED) is 0.480. The highest BCUT2D eigenvalue weighted by Crippen LogP contribution is 2.54. The average molecular weight is 488 g/mol. The third-order valence-corrected chi connectivity index (χ3v) is 6.68. The van der Waals surface area contributed by atoms with Crippen LogP contribution in [0, 0.1) is 0 Å². The van der Waals surface area contributed by atoms with E-state index in [2.05, 4.69) is 25.4 Å². The summed E-state index contributed by atoms with van der Waals surface area (Å²) in [6, 6.07) is 3.46. The van der Waals surface area contributed by atoms with E-state index in [4.69, 9.17) is 0 Å². The number of hydrogen-bond donors (Lipinski definition) is 1. The number of carbonyl (C=O) groups excluding carboxylic acids is 1. The Morgan fingerprint density at radius 2 is 1.86 bits per heavy atom. The molecule has 10 heteroatoms. The number of rotatable bonds is 5. The van der Waals surface area contributed by atoms with Crippen LogP contribution >= 0.6 is 15.9 Å². The number of nitrogens with one attached hydrogen (secondary N) is 1. The Balaban J connectivity index is 2.78. The average Bonchev–Trinajstić information content (AvgIpc) is 2.56. The molecule has 0 heterocycles. The summed E-state index contributed by atoms with van der Waals surface area (Å²) in [5, 5.41) is 0. The predicted molar refractivity (Wildman–Crippen MR) is 102 cm³/mol. The van der Waals surface area contributed by atoms with Gasteiger partial charge in [0.1, 0.15) is 5.54 Å². The lowest BCUT2D eigenvalue weighted by Crippen LogP contribution is -2.64. The fourth-order valence-corrected chi connectivity index (χ4v) is 4.33. The zero-order chi connectivity index (χ0) is 21.5. The minimum atomic E-state index is -4.24. The number of ether oxygens (including phenoxy) is 1. The van der Waals surface area contributed by atoms with E-state index < -0.39 is 63.1 Å². The smallest absolute Gasteiger partial charge is 0.379 e. The van der Waals surface area contributed by atoms with Gasteiger partial charge in [0.05, 0.1) is 22.3 Å². The zero-order valence-corrected chi connectivity index (χ0v) is 18.3. The van der Waals surface area contributed by atoms with Gasteiger partial charge >= 0.3 is 11.9 Å². The fourth-order valence-electron chi connectivity index (χ4n) is 3.01. The molecule has 1 aliphatic carbocycles. The maximum Gasteiger partial charge on any atom is 0.379 e. The first-order valence-corrected chi connectivity index (χ1v) is 10.6. The standard InChI is InChI=1S/C18H22BrF4NO3S/c1-5-27-14(25)18(22,23)16(24-28(26)15(2,3)4)8-9-17(20,21)12-7-6-11(19)10-13(12)16/h6-7,10,24H,5,8-9H2,1-4H3/t16-,28-/m1/s1. The van der Waals surface area contributed by atoms with Gasteiger partial charge in [-0.05, 0) is 51.8 Å². The van der Waals surface area contributed by atoms with Crippen molar-refractivity contribution in [3.05, 3.63) is 33.8 Å². The molecule has 2 rings (SSSR count). The third-order valence-electron chi connectivity index (χ3n) is 4.54. The van der Waals surface area contributed by atoms with E-state index >= 15 is 8.78 Å². The molecule has 0 radical (unpaired) electrons. The van der Waals surface area contributed by atoms with Gasteiger partial charge in [-0.25, -0.2) is 22.5 Å². The first-order chi connectivity index (χ1) is 12.7. The molecule has 0 saturated heterocycles. The van der Waals surface area contributed by atoms with E-state index in [0.717, 1.165) is 12.1 Å².